The average Bonchev–Trinajstić information content (AvgIpc) is 2.05. The highest BCUT2D eigenvalue weighted by Crippen LogP contribution is 2.06. The number of nitrogens with two attached hydrogens (primary N) is 1. The fourth-order valence-electron chi connectivity index (χ4n) is 0.589. The van der Waals surface area contributed by atoms with Gasteiger partial charge in [-0.1, -0.05) is 22.0 Å². The molecule has 0 unspecified atom stereocenters. The number of rotatable bonds is 2. The summed E-state index contributed by atoms with van der Waals surface area (Å²) in [6, 6.07) is 3.79. The van der Waals surface area contributed by atoms with Crippen molar-refractivity contribution in [2.75, 3.05) is 5.43 Å². The Balaban J connectivity index is 2.80. The molecule has 1 heterocycles. The maximum Gasteiger partial charge on any atom is 0.139 e. The summed E-state index contributed by atoms with van der Waals surface area (Å²) in [7, 11) is 0. The maximum atomic E-state index is 5.12. The Morgan fingerprint density at radius 3 is 2.80 bits per heavy atom. The van der Waals surface area contributed by atoms with Crippen molar-refractivity contribution in [3.05, 3.63) is 23.9 Å². The van der Waals surface area contributed by atoms with Gasteiger partial charge in [-0.25, -0.2) is 10.8 Å². The Morgan fingerprint density at radius 2 is 2.40 bits per heavy atom. The minimum absolute atomic E-state index is 0.685. The summed E-state index contributed by atoms with van der Waals surface area (Å²) in [6.45, 7) is 0. The number of nitrogens with one attached hydrogen (secondary N) is 1. The number of nitrogen functional groups attached to an aromatic ring is 1. The molecule has 3 N–H and O–H groups in total. The molecule has 0 aliphatic rings. The van der Waals surface area contributed by atoms with Gasteiger partial charge in [-0.2, -0.15) is 0 Å². The van der Waals surface area contributed by atoms with E-state index in [0.29, 0.717) is 5.82 Å². The zero-order chi connectivity index (χ0) is 7.40. The van der Waals surface area contributed by atoms with Crippen LogP contribution in [-0.2, 0) is 5.33 Å². The van der Waals surface area contributed by atoms with Crippen LogP contribution in [0.5, 0.6) is 0 Å². The van der Waals surface area contributed by atoms with Gasteiger partial charge in [0.2, 0.25) is 0 Å². The molecule has 54 valence electrons. The lowest BCUT2D eigenvalue weighted by atomic mass is 10.3. The molecule has 1 rings (SSSR count). The number of pyridine rings is 1. The van der Waals surface area contributed by atoms with Crippen LogP contribution in [0, 0.1) is 0 Å². The van der Waals surface area contributed by atoms with Crippen LogP contribution in [0.1, 0.15) is 5.56 Å². The lowest BCUT2D eigenvalue weighted by Crippen LogP contribution is -2.07. The number of alkyl halides is 1. The highest BCUT2D eigenvalue weighted by Gasteiger charge is 1.90. The van der Waals surface area contributed by atoms with E-state index in [1.807, 2.05) is 12.1 Å². The molecule has 1 aromatic rings. The first kappa shape index (κ1) is 7.50. The Kier molecular flexibility index (Phi) is 2.65. The molecule has 0 bridgehead atoms. The Bertz CT molecular complexity index is 174. The van der Waals surface area contributed by atoms with Gasteiger partial charge < -0.3 is 5.43 Å². The average molecular weight is 202 g/mol. The van der Waals surface area contributed by atoms with Crippen molar-refractivity contribution in [3.63, 3.8) is 0 Å². The van der Waals surface area contributed by atoms with Gasteiger partial charge >= 0.3 is 0 Å². The summed E-state index contributed by atoms with van der Waals surface area (Å²) in [5, 5.41) is 0.824. The third kappa shape index (κ3) is 1.68. The summed E-state index contributed by atoms with van der Waals surface area (Å²) >= 11 is 3.31. The van der Waals surface area contributed by atoms with E-state index in [9.17, 15) is 0 Å². The topological polar surface area (TPSA) is 50.9 Å². The molecule has 0 radical (unpaired) electrons. The molecule has 0 saturated carbocycles. The zero-order valence-corrected chi connectivity index (χ0v) is 6.93. The molecule has 10 heavy (non-hydrogen) atoms. The van der Waals surface area contributed by atoms with E-state index in [2.05, 4.69) is 26.3 Å². The van der Waals surface area contributed by atoms with Crippen LogP contribution < -0.4 is 11.3 Å². The molecule has 0 aliphatic carbocycles. The monoisotopic (exact) mass is 201 g/mol. The lowest BCUT2D eigenvalue weighted by Gasteiger charge is -1.97. The van der Waals surface area contributed by atoms with Crippen LogP contribution in [0.25, 0.3) is 0 Å². The number of nitrogens with zero attached hydrogens (tertiary/aromatic N) is 1. The van der Waals surface area contributed by atoms with Crippen molar-refractivity contribution >= 4 is 21.7 Å². The summed E-state index contributed by atoms with van der Waals surface area (Å²) in [4.78, 5) is 4.00. The smallest absolute Gasteiger partial charge is 0.139 e. The summed E-state index contributed by atoms with van der Waals surface area (Å²) in [6.07, 6.45) is 1.77. The molecule has 0 fully saturated rings. The Labute approximate surface area is 67.7 Å². The summed E-state index contributed by atoms with van der Waals surface area (Å²) in [5.74, 6) is 5.80. The van der Waals surface area contributed by atoms with E-state index in [1.165, 1.54) is 0 Å². The molecular formula is C6H8BrN3. The van der Waals surface area contributed by atoms with Gasteiger partial charge in [-0.15, -0.1) is 0 Å². The van der Waals surface area contributed by atoms with Crippen LogP contribution in [-0.4, -0.2) is 4.98 Å². The van der Waals surface area contributed by atoms with Gasteiger partial charge in [0.1, 0.15) is 5.82 Å². The minimum atomic E-state index is 0.685. The Morgan fingerprint density at radius 1 is 1.60 bits per heavy atom. The quantitative estimate of drug-likeness (QED) is 0.431. The van der Waals surface area contributed by atoms with E-state index >= 15 is 0 Å². The molecule has 0 saturated heterocycles. The standard InChI is InChI=1S/C6H8BrN3/c7-3-5-1-2-6(10-8)9-4-5/h1-2,4H,3,8H2,(H,9,10). The normalized spacial score (nSPS) is 9.40. The van der Waals surface area contributed by atoms with Crippen molar-refractivity contribution in [3.8, 4) is 0 Å². The third-order valence-electron chi connectivity index (χ3n) is 1.13. The molecular weight excluding hydrogens is 194 g/mol. The second-order valence-corrected chi connectivity index (χ2v) is 2.39. The fourth-order valence-corrected chi connectivity index (χ4v) is 0.921. The van der Waals surface area contributed by atoms with Crippen LogP contribution >= 0.6 is 15.9 Å². The lowest BCUT2D eigenvalue weighted by molar-refractivity contribution is 1.20. The molecule has 0 aliphatic heterocycles. The van der Waals surface area contributed by atoms with E-state index in [-0.39, 0.29) is 0 Å². The third-order valence-corrected chi connectivity index (χ3v) is 1.77. The molecule has 0 spiro atoms. The molecule has 3 nitrogen and oxygen atoms in total. The predicted molar refractivity (Wildman–Crippen MR) is 44.7 cm³/mol. The summed E-state index contributed by atoms with van der Waals surface area (Å²) < 4.78 is 0. The van der Waals surface area contributed by atoms with Gasteiger partial charge in [0.05, 0.1) is 0 Å². The number of hydrogen-bond acceptors (Lipinski definition) is 3. The molecule has 0 amide bonds. The number of halogens is 1. The van der Waals surface area contributed by atoms with Crippen LogP contribution in [0.3, 0.4) is 0 Å². The second-order valence-electron chi connectivity index (χ2n) is 1.83. The molecule has 4 heteroatoms. The molecule has 0 atom stereocenters. The largest absolute Gasteiger partial charge is 0.308 e. The highest BCUT2D eigenvalue weighted by atomic mass is 79.9. The van der Waals surface area contributed by atoms with Crippen molar-refractivity contribution in [2.24, 2.45) is 5.84 Å². The number of hydrogen-bond donors (Lipinski definition) is 2. The van der Waals surface area contributed by atoms with Gasteiger partial charge in [0, 0.05) is 11.5 Å². The number of anilines is 1. The van der Waals surface area contributed by atoms with Crippen molar-refractivity contribution in [1.29, 1.82) is 0 Å². The first-order valence-electron chi connectivity index (χ1n) is 2.84. The van der Waals surface area contributed by atoms with Crippen LogP contribution in [0.15, 0.2) is 18.3 Å². The first-order chi connectivity index (χ1) is 4.86. The SMILES string of the molecule is NNc1ccc(CBr)cn1. The van der Waals surface area contributed by atoms with E-state index in [4.69, 9.17) is 5.84 Å². The van der Waals surface area contributed by atoms with Crippen molar-refractivity contribution in [1.82, 2.24) is 4.98 Å². The predicted octanol–water partition coefficient (Wildman–Crippen LogP) is 1.26. The first-order valence-corrected chi connectivity index (χ1v) is 3.96. The van der Waals surface area contributed by atoms with Crippen molar-refractivity contribution in [2.45, 2.75) is 5.33 Å². The molecule has 1 aromatic heterocycles. The fraction of sp³-hybridized carbons (Fsp3) is 0.167. The van der Waals surface area contributed by atoms with Gasteiger partial charge in [-0.3, -0.25) is 0 Å². The highest BCUT2D eigenvalue weighted by molar-refractivity contribution is 9.08. The van der Waals surface area contributed by atoms with E-state index in [1.54, 1.807) is 6.20 Å². The van der Waals surface area contributed by atoms with E-state index < -0.39 is 0 Å². The maximum absolute atomic E-state index is 5.12. The number of aromatic nitrogens is 1. The van der Waals surface area contributed by atoms with Gasteiger partial charge in [0.25, 0.3) is 0 Å². The second kappa shape index (κ2) is 3.53. The minimum Gasteiger partial charge on any atom is -0.308 e. The molecule has 0 aromatic carbocycles. The van der Waals surface area contributed by atoms with Crippen LogP contribution in [0.4, 0.5) is 5.82 Å². The number of hydrazine groups is 1. The zero-order valence-electron chi connectivity index (χ0n) is 5.34. The Hall–Kier alpha value is -0.610. The van der Waals surface area contributed by atoms with Crippen LogP contribution in [0.2, 0.25) is 0 Å². The van der Waals surface area contributed by atoms with Gasteiger partial charge in [-0.05, 0) is 11.6 Å². The van der Waals surface area contributed by atoms with Gasteiger partial charge in [0.15, 0.2) is 0 Å². The van der Waals surface area contributed by atoms with Crippen molar-refractivity contribution < 1.29 is 0 Å². The van der Waals surface area contributed by atoms with E-state index in [0.717, 1.165) is 10.9 Å². The summed E-state index contributed by atoms with van der Waals surface area (Å²) in [5.41, 5.74) is 3.59.